The molecule has 0 aromatic heterocycles. The lowest BCUT2D eigenvalue weighted by Crippen LogP contribution is -2.36. The highest BCUT2D eigenvalue weighted by molar-refractivity contribution is 5.71. The third kappa shape index (κ3) is 3.66. The maximum Gasteiger partial charge on any atom is 0.319 e. The molecule has 0 heterocycles. The number of rotatable bonds is 5. The van der Waals surface area contributed by atoms with Crippen molar-refractivity contribution in [3.05, 3.63) is 0 Å². The van der Waals surface area contributed by atoms with Crippen LogP contribution in [0, 0.1) is 5.92 Å². The number of nitrogens with one attached hydrogen (secondary N) is 1. The summed E-state index contributed by atoms with van der Waals surface area (Å²) in [5.74, 6) is 0.613. The maximum atomic E-state index is 11.1. The Bertz CT molecular complexity index is 176. The van der Waals surface area contributed by atoms with E-state index in [0.717, 1.165) is 5.92 Å². The minimum Gasteiger partial charge on any atom is -0.465 e. The fourth-order valence-corrected chi connectivity index (χ4v) is 2.08. The second kappa shape index (κ2) is 6.02. The average Bonchev–Trinajstić information content (AvgIpc) is 2.67. The first-order valence-electron chi connectivity index (χ1n) is 5.63. The lowest BCUT2D eigenvalue weighted by atomic mass is 10.00. The highest BCUT2D eigenvalue weighted by Gasteiger charge is 2.21. The summed E-state index contributed by atoms with van der Waals surface area (Å²) in [5.41, 5.74) is 0. The van der Waals surface area contributed by atoms with Crippen molar-refractivity contribution in [3.63, 3.8) is 0 Å². The van der Waals surface area contributed by atoms with Gasteiger partial charge in [-0.05, 0) is 32.6 Å². The van der Waals surface area contributed by atoms with Crippen LogP contribution in [-0.4, -0.2) is 25.2 Å². The van der Waals surface area contributed by atoms with E-state index < -0.39 is 0 Å². The summed E-state index contributed by atoms with van der Waals surface area (Å²) in [4.78, 5) is 11.1. The molecule has 3 nitrogen and oxygen atoms in total. The molecule has 1 N–H and O–H groups in total. The summed E-state index contributed by atoms with van der Waals surface area (Å²) in [6.07, 6.45) is 5.29. The Morgan fingerprint density at radius 3 is 2.71 bits per heavy atom. The van der Waals surface area contributed by atoms with Crippen LogP contribution in [0.5, 0.6) is 0 Å². The van der Waals surface area contributed by atoms with Crippen molar-refractivity contribution in [3.8, 4) is 0 Å². The van der Waals surface area contributed by atoms with Crippen LogP contribution in [-0.2, 0) is 9.53 Å². The molecular formula is C11H21NO2. The summed E-state index contributed by atoms with van der Waals surface area (Å²) in [6, 6.07) is 0.446. The molecule has 0 amide bonds. The fourth-order valence-electron chi connectivity index (χ4n) is 2.08. The quantitative estimate of drug-likeness (QED) is 0.685. The molecule has 1 aliphatic rings. The van der Waals surface area contributed by atoms with Crippen LogP contribution in [0.15, 0.2) is 0 Å². The molecule has 1 saturated carbocycles. The van der Waals surface area contributed by atoms with E-state index in [4.69, 9.17) is 4.74 Å². The average molecular weight is 199 g/mol. The van der Waals surface area contributed by atoms with E-state index >= 15 is 0 Å². The fraction of sp³-hybridized carbons (Fsp3) is 0.909. The summed E-state index contributed by atoms with van der Waals surface area (Å²) >= 11 is 0. The molecule has 14 heavy (non-hydrogen) atoms. The third-order valence-electron chi connectivity index (χ3n) is 2.98. The summed E-state index contributed by atoms with van der Waals surface area (Å²) in [7, 11) is 0. The molecule has 0 radical (unpaired) electrons. The van der Waals surface area contributed by atoms with Crippen molar-refractivity contribution >= 4 is 5.97 Å². The highest BCUT2D eigenvalue weighted by Crippen LogP contribution is 2.27. The van der Waals surface area contributed by atoms with E-state index in [0.29, 0.717) is 19.2 Å². The number of hydrogen-bond donors (Lipinski definition) is 1. The van der Waals surface area contributed by atoms with Gasteiger partial charge in [-0.2, -0.15) is 0 Å². The van der Waals surface area contributed by atoms with Gasteiger partial charge in [0.05, 0.1) is 13.2 Å². The number of esters is 1. The molecule has 82 valence electrons. The van der Waals surface area contributed by atoms with Crippen LogP contribution in [0.3, 0.4) is 0 Å². The van der Waals surface area contributed by atoms with E-state index in [1.807, 2.05) is 6.92 Å². The molecule has 0 bridgehead atoms. The summed E-state index contributed by atoms with van der Waals surface area (Å²) < 4.78 is 4.85. The van der Waals surface area contributed by atoms with Gasteiger partial charge >= 0.3 is 5.97 Å². The van der Waals surface area contributed by atoms with E-state index in [2.05, 4.69) is 12.2 Å². The Kier molecular flexibility index (Phi) is 4.94. The second-order valence-electron chi connectivity index (χ2n) is 4.02. The molecular weight excluding hydrogens is 178 g/mol. The molecule has 1 aliphatic carbocycles. The summed E-state index contributed by atoms with van der Waals surface area (Å²) in [6.45, 7) is 4.82. The SMILES string of the molecule is CCOC(=O)CN[C@@H](C)C1CCCC1. The predicted octanol–water partition coefficient (Wildman–Crippen LogP) is 1.72. The molecule has 1 atom stereocenters. The van der Waals surface area contributed by atoms with Crippen LogP contribution in [0.25, 0.3) is 0 Å². The standard InChI is InChI=1S/C11H21NO2/c1-3-14-11(13)8-12-9(2)10-6-4-5-7-10/h9-10,12H,3-8H2,1-2H3/t9-/m0/s1. The van der Waals surface area contributed by atoms with Crippen LogP contribution < -0.4 is 5.32 Å². The van der Waals surface area contributed by atoms with Crippen molar-refractivity contribution < 1.29 is 9.53 Å². The number of carbonyl (C=O) groups is 1. The van der Waals surface area contributed by atoms with Gasteiger partial charge in [0.2, 0.25) is 0 Å². The smallest absolute Gasteiger partial charge is 0.319 e. The summed E-state index contributed by atoms with van der Waals surface area (Å²) in [5, 5.41) is 3.23. The second-order valence-corrected chi connectivity index (χ2v) is 4.02. The number of ether oxygens (including phenoxy) is 1. The van der Waals surface area contributed by atoms with Crippen LogP contribution in [0.2, 0.25) is 0 Å². The Morgan fingerprint density at radius 2 is 2.14 bits per heavy atom. The molecule has 0 spiro atoms. The Hall–Kier alpha value is -0.570. The molecule has 3 heteroatoms. The highest BCUT2D eigenvalue weighted by atomic mass is 16.5. The molecule has 0 saturated heterocycles. The first-order chi connectivity index (χ1) is 6.74. The minimum absolute atomic E-state index is 0.141. The van der Waals surface area contributed by atoms with Crippen LogP contribution in [0.4, 0.5) is 0 Å². The van der Waals surface area contributed by atoms with Gasteiger partial charge in [0.25, 0.3) is 0 Å². The Labute approximate surface area is 86.2 Å². The normalized spacial score (nSPS) is 19.6. The zero-order valence-electron chi connectivity index (χ0n) is 9.21. The zero-order chi connectivity index (χ0) is 10.4. The molecule has 0 unspecified atom stereocenters. The van der Waals surface area contributed by atoms with Gasteiger partial charge < -0.3 is 10.1 Å². The van der Waals surface area contributed by atoms with Gasteiger partial charge in [0.1, 0.15) is 0 Å². The van der Waals surface area contributed by atoms with Crippen molar-refractivity contribution in [2.45, 2.75) is 45.6 Å². The Balaban J connectivity index is 2.13. The molecule has 1 fully saturated rings. The number of carbonyl (C=O) groups excluding carboxylic acids is 1. The first-order valence-corrected chi connectivity index (χ1v) is 5.63. The van der Waals surface area contributed by atoms with Gasteiger partial charge in [-0.3, -0.25) is 4.79 Å². The zero-order valence-corrected chi connectivity index (χ0v) is 9.21. The van der Waals surface area contributed by atoms with Gasteiger partial charge in [-0.25, -0.2) is 0 Å². The molecule has 0 aromatic rings. The van der Waals surface area contributed by atoms with Gasteiger partial charge in [-0.15, -0.1) is 0 Å². The lowest BCUT2D eigenvalue weighted by Gasteiger charge is -2.19. The molecule has 0 aliphatic heterocycles. The molecule has 1 rings (SSSR count). The van der Waals surface area contributed by atoms with Crippen molar-refractivity contribution in [1.29, 1.82) is 0 Å². The van der Waals surface area contributed by atoms with Crippen LogP contribution >= 0.6 is 0 Å². The topological polar surface area (TPSA) is 38.3 Å². The first kappa shape index (κ1) is 11.5. The van der Waals surface area contributed by atoms with E-state index in [9.17, 15) is 4.79 Å². The van der Waals surface area contributed by atoms with E-state index in [1.54, 1.807) is 0 Å². The Morgan fingerprint density at radius 1 is 1.50 bits per heavy atom. The van der Waals surface area contributed by atoms with Gasteiger partial charge in [-0.1, -0.05) is 12.8 Å². The molecule has 0 aromatic carbocycles. The van der Waals surface area contributed by atoms with Gasteiger partial charge in [0.15, 0.2) is 0 Å². The van der Waals surface area contributed by atoms with Gasteiger partial charge in [0, 0.05) is 6.04 Å². The monoisotopic (exact) mass is 199 g/mol. The van der Waals surface area contributed by atoms with Crippen molar-refractivity contribution in [2.24, 2.45) is 5.92 Å². The minimum atomic E-state index is -0.141. The maximum absolute atomic E-state index is 11.1. The third-order valence-corrected chi connectivity index (χ3v) is 2.98. The predicted molar refractivity (Wildman–Crippen MR) is 56.1 cm³/mol. The van der Waals surface area contributed by atoms with Crippen molar-refractivity contribution in [1.82, 2.24) is 5.32 Å². The largest absolute Gasteiger partial charge is 0.465 e. The van der Waals surface area contributed by atoms with E-state index in [1.165, 1.54) is 25.7 Å². The number of hydrogen-bond acceptors (Lipinski definition) is 3. The van der Waals surface area contributed by atoms with Crippen LogP contribution in [0.1, 0.15) is 39.5 Å². The lowest BCUT2D eigenvalue weighted by molar-refractivity contribution is -0.142. The van der Waals surface area contributed by atoms with E-state index in [-0.39, 0.29) is 5.97 Å². The van der Waals surface area contributed by atoms with Crippen molar-refractivity contribution in [2.75, 3.05) is 13.2 Å².